The van der Waals surface area contributed by atoms with Gasteiger partial charge in [-0.1, -0.05) is 58.4 Å². The molecule has 0 aliphatic heterocycles. The van der Waals surface area contributed by atoms with Crippen LogP contribution in [0.5, 0.6) is 0 Å². The second kappa shape index (κ2) is 19.3. The van der Waals surface area contributed by atoms with Gasteiger partial charge in [0.1, 0.15) is 5.60 Å². The molecule has 3 N–H and O–H groups in total. The van der Waals surface area contributed by atoms with Crippen molar-refractivity contribution < 1.29 is 32.4 Å². The molecule has 2 unspecified atom stereocenters. The van der Waals surface area contributed by atoms with Crippen LogP contribution in [0.15, 0.2) is 12.7 Å². The lowest BCUT2D eigenvalue weighted by molar-refractivity contribution is 0.0503. The fourth-order valence-corrected chi connectivity index (χ4v) is 4.08. The van der Waals surface area contributed by atoms with Crippen LogP contribution in [-0.2, 0) is 27.6 Å². The Labute approximate surface area is 207 Å². The zero-order chi connectivity index (χ0) is 25.9. The fraction of sp³-hybridized carbons (Fsp3) is 0.875. The summed E-state index contributed by atoms with van der Waals surface area (Å²) >= 11 is 0. The molecule has 0 aromatic rings. The minimum atomic E-state index is -3.87. The van der Waals surface area contributed by atoms with E-state index in [1.165, 1.54) is 44.6 Å². The van der Waals surface area contributed by atoms with Gasteiger partial charge in [-0.3, -0.25) is 13.6 Å². The highest BCUT2D eigenvalue weighted by molar-refractivity contribution is 7.48. The average Bonchev–Trinajstić information content (AvgIpc) is 2.76. The lowest BCUT2D eigenvalue weighted by Gasteiger charge is -2.21. The zero-order valence-corrected chi connectivity index (χ0v) is 22.9. The van der Waals surface area contributed by atoms with E-state index in [1.807, 2.05) is 0 Å². The molecule has 0 saturated carbocycles. The Morgan fingerprint density at radius 1 is 1.06 bits per heavy atom. The van der Waals surface area contributed by atoms with Crippen molar-refractivity contribution in [1.29, 1.82) is 0 Å². The summed E-state index contributed by atoms with van der Waals surface area (Å²) < 4.78 is 39.4. The highest BCUT2D eigenvalue weighted by Gasteiger charge is 2.27. The van der Waals surface area contributed by atoms with Crippen LogP contribution in [0.2, 0.25) is 0 Å². The van der Waals surface area contributed by atoms with Crippen LogP contribution in [0.4, 0.5) is 4.79 Å². The summed E-state index contributed by atoms with van der Waals surface area (Å²) in [6, 6.07) is -0.478. The highest BCUT2D eigenvalue weighted by atomic mass is 31.2. The number of nitrogens with one attached hydrogen (secondary N) is 1. The van der Waals surface area contributed by atoms with Gasteiger partial charge in [0.15, 0.2) is 0 Å². The number of rotatable bonds is 21. The molecule has 10 heteroatoms. The largest absolute Gasteiger partial charge is 0.475 e. The van der Waals surface area contributed by atoms with Gasteiger partial charge in [-0.2, -0.15) is 0 Å². The fourth-order valence-electron chi connectivity index (χ4n) is 2.88. The third-order valence-corrected chi connectivity index (χ3v) is 6.13. The first-order valence-corrected chi connectivity index (χ1v) is 13.9. The summed E-state index contributed by atoms with van der Waals surface area (Å²) in [7, 11) is -3.87. The summed E-state index contributed by atoms with van der Waals surface area (Å²) in [6.45, 7) is 14.1. The third kappa shape index (κ3) is 20.4. The summed E-state index contributed by atoms with van der Waals surface area (Å²) in [5.74, 6) is 0.615. The Bertz CT molecular complexity index is 584. The highest BCUT2D eigenvalue weighted by Crippen LogP contribution is 2.49. The Balaban J connectivity index is 4.15. The molecule has 34 heavy (non-hydrogen) atoms. The molecular weight excluding hydrogens is 459 g/mol. The van der Waals surface area contributed by atoms with Crippen LogP contribution in [0.25, 0.3) is 0 Å². The first kappa shape index (κ1) is 33.0. The summed E-state index contributed by atoms with van der Waals surface area (Å²) in [5.41, 5.74) is 5.42. The smallest absolute Gasteiger partial charge is 0.444 e. The number of alkyl carbamates (subject to hydrolysis) is 1. The molecule has 0 bridgehead atoms. The normalized spacial score (nSPS) is 15.4. The van der Waals surface area contributed by atoms with Crippen molar-refractivity contribution in [2.45, 2.75) is 91.2 Å². The lowest BCUT2D eigenvalue weighted by atomic mass is 9.99. The zero-order valence-electron chi connectivity index (χ0n) is 22.0. The van der Waals surface area contributed by atoms with Crippen molar-refractivity contribution in [3.8, 4) is 0 Å². The number of unbranched alkanes of at least 4 members (excludes halogenated alkanes) is 4. The quantitative estimate of drug-likeness (QED) is 0.117. The first-order chi connectivity index (χ1) is 16.0. The molecule has 202 valence electrons. The topological polar surface area (TPSA) is 118 Å². The molecule has 0 aromatic heterocycles. The minimum Gasteiger partial charge on any atom is -0.444 e. The van der Waals surface area contributed by atoms with Gasteiger partial charge in [0, 0.05) is 13.2 Å². The maximum atomic E-state index is 12.8. The average molecular weight is 509 g/mol. The number of phosphoric ester groups is 1. The number of carbonyl (C=O) groups excluding carboxylic acids is 1. The first-order valence-electron chi connectivity index (χ1n) is 12.5. The van der Waals surface area contributed by atoms with Crippen molar-refractivity contribution in [1.82, 2.24) is 5.32 Å². The van der Waals surface area contributed by atoms with Gasteiger partial charge >= 0.3 is 13.9 Å². The van der Waals surface area contributed by atoms with E-state index in [1.54, 1.807) is 20.8 Å². The second-order valence-corrected chi connectivity index (χ2v) is 11.2. The van der Waals surface area contributed by atoms with Crippen LogP contribution < -0.4 is 11.1 Å². The van der Waals surface area contributed by atoms with Crippen molar-refractivity contribution in [3.63, 3.8) is 0 Å². The molecule has 0 heterocycles. The maximum absolute atomic E-state index is 12.8. The molecule has 1 amide bonds. The molecule has 0 radical (unpaired) electrons. The van der Waals surface area contributed by atoms with Crippen LogP contribution in [0.3, 0.4) is 0 Å². The van der Waals surface area contributed by atoms with E-state index < -0.39 is 25.6 Å². The van der Waals surface area contributed by atoms with Crippen LogP contribution in [0.1, 0.15) is 79.6 Å². The maximum Gasteiger partial charge on any atom is 0.475 e. The number of ether oxygens (including phenoxy) is 2. The predicted molar refractivity (Wildman–Crippen MR) is 136 cm³/mol. The lowest BCUT2D eigenvalue weighted by Crippen LogP contribution is -2.34. The SMILES string of the molecule is C=CCOP(=O)(OCCNC(=O)OC(C)(C)C)OCC(N)COCC[C@H](C)CCCCCCC. The van der Waals surface area contributed by atoms with Crippen LogP contribution in [-0.4, -0.2) is 57.3 Å². The number of nitrogens with two attached hydrogens (primary N) is 1. The summed E-state index contributed by atoms with van der Waals surface area (Å²) in [6.07, 6.45) is 9.50. The van der Waals surface area contributed by atoms with Gasteiger partial charge in [-0.05, 0) is 33.1 Å². The Hall–Kier alpha value is -0.960. The number of amides is 1. The van der Waals surface area contributed by atoms with Crippen molar-refractivity contribution in [2.75, 3.05) is 39.6 Å². The molecule has 0 spiro atoms. The Kier molecular flexibility index (Phi) is 18.7. The van der Waals surface area contributed by atoms with Gasteiger partial charge in [-0.15, -0.1) is 6.58 Å². The molecule has 0 aromatic carbocycles. The van der Waals surface area contributed by atoms with Crippen molar-refractivity contribution >= 4 is 13.9 Å². The molecule has 0 saturated heterocycles. The minimum absolute atomic E-state index is 0.0150. The van der Waals surface area contributed by atoms with Crippen molar-refractivity contribution in [3.05, 3.63) is 12.7 Å². The summed E-state index contributed by atoms with van der Waals surface area (Å²) in [4.78, 5) is 11.7. The summed E-state index contributed by atoms with van der Waals surface area (Å²) in [5, 5.41) is 2.51. The van der Waals surface area contributed by atoms with Crippen LogP contribution in [0, 0.1) is 5.92 Å². The van der Waals surface area contributed by atoms with E-state index in [-0.39, 0.29) is 33.0 Å². The van der Waals surface area contributed by atoms with E-state index in [0.717, 1.165) is 6.42 Å². The monoisotopic (exact) mass is 508 g/mol. The number of carbonyl (C=O) groups is 1. The van der Waals surface area contributed by atoms with Crippen LogP contribution >= 0.6 is 7.82 Å². The number of phosphoric acid groups is 1. The Morgan fingerprint density at radius 2 is 1.76 bits per heavy atom. The number of hydrogen-bond donors (Lipinski definition) is 2. The van der Waals surface area contributed by atoms with E-state index in [9.17, 15) is 9.36 Å². The number of hydrogen-bond acceptors (Lipinski definition) is 8. The third-order valence-electron chi connectivity index (χ3n) is 4.70. The van der Waals surface area contributed by atoms with E-state index in [2.05, 4.69) is 25.7 Å². The molecule has 0 aliphatic carbocycles. The van der Waals surface area contributed by atoms with E-state index in [0.29, 0.717) is 12.5 Å². The van der Waals surface area contributed by atoms with Gasteiger partial charge in [0.25, 0.3) is 0 Å². The molecule has 0 aliphatic rings. The molecule has 3 atom stereocenters. The predicted octanol–water partition coefficient (Wildman–Crippen LogP) is 5.59. The van der Waals surface area contributed by atoms with Crippen molar-refractivity contribution in [2.24, 2.45) is 11.7 Å². The second-order valence-electron chi connectivity index (χ2n) is 9.52. The van der Waals surface area contributed by atoms with Gasteiger partial charge in [0.2, 0.25) is 0 Å². The molecule has 0 fully saturated rings. The van der Waals surface area contributed by atoms with Gasteiger partial charge in [0.05, 0.1) is 32.5 Å². The standard InChI is InChI=1S/C24H49N2O7P/c1-7-9-10-11-12-13-21(3)14-17-29-19-22(25)20-32-34(28,30-16-8-2)31-18-15-26-23(27)33-24(4,5)6/h8,21-22H,2,7,9-20,25H2,1,3-6H3,(H,26,27)/t21-,22?,34?/m1/s1. The Morgan fingerprint density at radius 3 is 2.41 bits per heavy atom. The van der Waals surface area contributed by atoms with Gasteiger partial charge < -0.3 is 20.5 Å². The molecule has 0 rings (SSSR count). The van der Waals surface area contributed by atoms with E-state index >= 15 is 0 Å². The van der Waals surface area contributed by atoms with E-state index in [4.69, 9.17) is 28.8 Å². The molecule has 9 nitrogen and oxygen atoms in total. The molecular formula is C24H49N2O7P. The van der Waals surface area contributed by atoms with Gasteiger partial charge in [-0.25, -0.2) is 9.36 Å².